The van der Waals surface area contributed by atoms with Crippen molar-refractivity contribution in [2.45, 2.75) is 26.9 Å². The van der Waals surface area contributed by atoms with E-state index in [2.05, 4.69) is 20.4 Å². The van der Waals surface area contributed by atoms with E-state index in [1.165, 1.54) is 29.6 Å². The van der Waals surface area contributed by atoms with Crippen molar-refractivity contribution < 1.29 is 9.21 Å². The van der Waals surface area contributed by atoms with Crippen LogP contribution in [0.15, 0.2) is 31.2 Å². The van der Waals surface area contributed by atoms with Crippen LogP contribution in [0.2, 0.25) is 0 Å². The third kappa shape index (κ3) is 3.79. The highest BCUT2D eigenvalue weighted by Crippen LogP contribution is 2.15. The molecule has 0 unspecified atom stereocenters. The molecular formula is C20H19N9O5. The van der Waals surface area contributed by atoms with E-state index < -0.39 is 29.5 Å². The number of aryl methyl sites for hydroxylation is 3. The van der Waals surface area contributed by atoms with Crippen LogP contribution in [0.3, 0.4) is 0 Å². The minimum Gasteiger partial charge on any atom is -0.390 e. The summed E-state index contributed by atoms with van der Waals surface area (Å²) in [4.78, 5) is 57.5. The van der Waals surface area contributed by atoms with Gasteiger partial charge in [-0.05, 0) is 25.5 Å². The number of amides is 1. The summed E-state index contributed by atoms with van der Waals surface area (Å²) in [5.74, 6) is -1.26. The molecule has 0 bridgehead atoms. The van der Waals surface area contributed by atoms with Crippen LogP contribution in [0.5, 0.6) is 0 Å². The third-order valence-corrected chi connectivity index (χ3v) is 5.24. The maximum absolute atomic E-state index is 12.5. The van der Waals surface area contributed by atoms with Gasteiger partial charge in [-0.1, -0.05) is 0 Å². The van der Waals surface area contributed by atoms with Gasteiger partial charge in [-0.2, -0.15) is 9.94 Å². The first kappa shape index (κ1) is 22.4. The van der Waals surface area contributed by atoms with E-state index in [1.54, 1.807) is 19.9 Å². The fraction of sp³-hybridized carbons (Fsp3) is 0.300. The molecule has 0 aliphatic carbocycles. The van der Waals surface area contributed by atoms with Crippen LogP contribution in [0.4, 0.5) is 5.82 Å². The van der Waals surface area contributed by atoms with Crippen molar-refractivity contribution in [3.05, 3.63) is 66.5 Å². The largest absolute Gasteiger partial charge is 0.437 e. The molecule has 0 atom stereocenters. The Morgan fingerprint density at radius 2 is 1.94 bits per heavy atom. The number of aromatic nitrogens is 7. The lowest BCUT2D eigenvalue weighted by molar-refractivity contribution is -0.117. The SMILES string of the molecule is Cc1cc(NC(=O)Cn2nc(Cn3cnc4c3c(=O)n(C)c(=O)n4C)oc2=O)nc(C)c1C#N. The fourth-order valence-electron chi connectivity index (χ4n) is 3.56. The van der Waals surface area contributed by atoms with E-state index in [-0.39, 0.29) is 29.4 Å². The number of carbonyl (C=O) groups excluding carboxylic acids is 1. The number of imidazole rings is 1. The van der Waals surface area contributed by atoms with E-state index in [1.807, 2.05) is 6.07 Å². The summed E-state index contributed by atoms with van der Waals surface area (Å²) in [5.41, 5.74) is 0.783. The van der Waals surface area contributed by atoms with E-state index in [0.717, 1.165) is 9.25 Å². The summed E-state index contributed by atoms with van der Waals surface area (Å²) in [6.45, 7) is 2.81. The minimum absolute atomic E-state index is 0.0591. The first-order valence-electron chi connectivity index (χ1n) is 9.96. The Bertz CT molecular complexity index is 1650. The van der Waals surface area contributed by atoms with Crippen molar-refractivity contribution in [1.82, 2.24) is 33.4 Å². The third-order valence-electron chi connectivity index (χ3n) is 5.24. The molecule has 0 radical (unpaired) electrons. The van der Waals surface area contributed by atoms with E-state index in [4.69, 9.17) is 9.68 Å². The van der Waals surface area contributed by atoms with Gasteiger partial charge in [0, 0.05) is 14.1 Å². The molecule has 1 N–H and O–H groups in total. The first-order chi connectivity index (χ1) is 16.1. The molecule has 4 heterocycles. The van der Waals surface area contributed by atoms with Gasteiger partial charge in [0.1, 0.15) is 25.0 Å². The molecule has 0 saturated heterocycles. The fourth-order valence-corrected chi connectivity index (χ4v) is 3.56. The Balaban J connectivity index is 1.56. The van der Waals surface area contributed by atoms with Gasteiger partial charge in [0.25, 0.3) is 5.56 Å². The Hall–Kier alpha value is -4.80. The second kappa shape index (κ2) is 8.28. The number of nitrogens with zero attached hydrogens (tertiary/aromatic N) is 8. The number of nitriles is 1. The topological polar surface area (TPSA) is 176 Å². The Morgan fingerprint density at radius 3 is 2.62 bits per heavy atom. The molecule has 4 aromatic rings. The lowest BCUT2D eigenvalue weighted by Crippen LogP contribution is -2.37. The van der Waals surface area contributed by atoms with Crippen LogP contribution < -0.4 is 22.3 Å². The van der Waals surface area contributed by atoms with Gasteiger partial charge in [-0.15, -0.1) is 5.10 Å². The molecule has 0 spiro atoms. The van der Waals surface area contributed by atoms with Crippen molar-refractivity contribution in [2.75, 3.05) is 5.32 Å². The summed E-state index contributed by atoms with van der Waals surface area (Å²) in [7, 11) is 2.83. The van der Waals surface area contributed by atoms with Gasteiger partial charge in [0.05, 0.1) is 17.6 Å². The minimum atomic E-state index is -0.866. The van der Waals surface area contributed by atoms with Gasteiger partial charge >= 0.3 is 11.4 Å². The first-order valence-corrected chi connectivity index (χ1v) is 9.96. The van der Waals surface area contributed by atoms with Crippen LogP contribution >= 0.6 is 0 Å². The smallest absolute Gasteiger partial charge is 0.390 e. The zero-order valence-electron chi connectivity index (χ0n) is 18.7. The number of carbonyl (C=O) groups is 1. The molecule has 174 valence electrons. The number of hydrogen-bond donors (Lipinski definition) is 1. The molecule has 4 rings (SSSR count). The summed E-state index contributed by atoms with van der Waals surface area (Å²) < 4.78 is 9.53. The molecule has 0 aliphatic rings. The molecule has 14 nitrogen and oxygen atoms in total. The van der Waals surface area contributed by atoms with Crippen LogP contribution in [-0.4, -0.2) is 39.4 Å². The second-order valence-corrected chi connectivity index (χ2v) is 7.61. The highest BCUT2D eigenvalue weighted by atomic mass is 16.4. The summed E-state index contributed by atoms with van der Waals surface area (Å²) >= 11 is 0. The summed E-state index contributed by atoms with van der Waals surface area (Å²) in [5, 5.41) is 15.7. The van der Waals surface area contributed by atoms with Crippen molar-refractivity contribution in [3.63, 3.8) is 0 Å². The van der Waals surface area contributed by atoms with Crippen LogP contribution in [0.1, 0.15) is 22.7 Å². The Morgan fingerprint density at radius 1 is 1.21 bits per heavy atom. The van der Waals surface area contributed by atoms with Gasteiger partial charge < -0.3 is 14.3 Å². The van der Waals surface area contributed by atoms with Crippen molar-refractivity contribution in [3.8, 4) is 6.07 Å². The van der Waals surface area contributed by atoms with E-state index in [9.17, 15) is 19.2 Å². The number of anilines is 1. The quantitative estimate of drug-likeness (QED) is 0.393. The highest BCUT2D eigenvalue weighted by molar-refractivity contribution is 5.89. The molecule has 34 heavy (non-hydrogen) atoms. The molecule has 1 amide bonds. The van der Waals surface area contributed by atoms with Gasteiger partial charge in [-0.25, -0.2) is 19.6 Å². The van der Waals surface area contributed by atoms with Crippen LogP contribution in [0.25, 0.3) is 11.2 Å². The summed E-state index contributed by atoms with van der Waals surface area (Å²) in [6.07, 6.45) is 1.33. The maximum Gasteiger partial charge on any atom is 0.437 e. The van der Waals surface area contributed by atoms with E-state index in [0.29, 0.717) is 16.8 Å². The van der Waals surface area contributed by atoms with Gasteiger partial charge in [-0.3, -0.25) is 18.7 Å². The maximum atomic E-state index is 12.5. The normalized spacial score (nSPS) is 11.0. The van der Waals surface area contributed by atoms with Crippen LogP contribution in [-0.2, 0) is 32.0 Å². The molecule has 14 heteroatoms. The Labute approximate surface area is 190 Å². The van der Waals surface area contributed by atoms with Crippen molar-refractivity contribution >= 4 is 22.9 Å². The summed E-state index contributed by atoms with van der Waals surface area (Å²) in [6, 6.07) is 3.60. The van der Waals surface area contributed by atoms with Crippen LogP contribution in [0, 0.1) is 25.2 Å². The number of pyridine rings is 1. The van der Waals surface area contributed by atoms with Crippen molar-refractivity contribution in [2.24, 2.45) is 14.1 Å². The molecule has 0 aromatic carbocycles. The number of rotatable bonds is 5. The average Bonchev–Trinajstić information content (AvgIpc) is 3.34. The second-order valence-electron chi connectivity index (χ2n) is 7.61. The number of nitrogens with one attached hydrogen (secondary N) is 1. The van der Waals surface area contributed by atoms with E-state index >= 15 is 0 Å². The lowest BCUT2D eigenvalue weighted by atomic mass is 10.1. The molecule has 4 aromatic heterocycles. The molecule has 0 fully saturated rings. The lowest BCUT2D eigenvalue weighted by Gasteiger charge is -2.08. The highest BCUT2D eigenvalue weighted by Gasteiger charge is 2.18. The molecule has 0 aliphatic heterocycles. The number of fused-ring (bicyclic) bond motifs is 1. The molecular weight excluding hydrogens is 446 g/mol. The monoisotopic (exact) mass is 465 g/mol. The predicted octanol–water partition coefficient (Wildman–Crippen LogP) is -0.846. The Kier molecular flexibility index (Phi) is 5.45. The zero-order valence-corrected chi connectivity index (χ0v) is 18.7. The van der Waals surface area contributed by atoms with Gasteiger partial charge in [0.15, 0.2) is 11.2 Å². The van der Waals surface area contributed by atoms with Gasteiger partial charge in [0.2, 0.25) is 11.8 Å². The predicted molar refractivity (Wildman–Crippen MR) is 117 cm³/mol. The standard InChI is InChI=1S/C20H19N9O5/c1-10-5-13(23-11(2)12(10)6-21)24-14(30)7-29-20(33)34-15(25-29)8-28-9-22-17-16(28)18(31)27(4)19(32)26(17)3/h5,9H,7-8H2,1-4H3,(H,23,24,30). The zero-order chi connectivity index (χ0) is 24.7. The number of hydrogen-bond acceptors (Lipinski definition) is 9. The average molecular weight is 465 g/mol. The molecule has 0 saturated carbocycles. The van der Waals surface area contributed by atoms with Crippen molar-refractivity contribution in [1.29, 1.82) is 5.26 Å².